The normalized spacial score (nSPS) is 14.9. The molecule has 0 atom stereocenters. The van der Waals surface area contributed by atoms with Gasteiger partial charge in [-0.15, -0.1) is 0 Å². The van der Waals surface area contributed by atoms with Gasteiger partial charge in [0.1, 0.15) is 5.69 Å². The molecular weight excluding hydrogens is 382 g/mol. The quantitative estimate of drug-likeness (QED) is 0.325. The van der Waals surface area contributed by atoms with Gasteiger partial charge in [-0.2, -0.15) is 5.10 Å². The van der Waals surface area contributed by atoms with Crippen LogP contribution < -0.4 is 5.32 Å². The van der Waals surface area contributed by atoms with Crippen molar-refractivity contribution in [2.24, 2.45) is 5.92 Å². The molecule has 3 heterocycles. The molecule has 31 heavy (non-hydrogen) atoms. The number of fused-ring (bicyclic) bond motifs is 2. The van der Waals surface area contributed by atoms with Gasteiger partial charge >= 0.3 is 0 Å². The van der Waals surface area contributed by atoms with Crippen LogP contribution in [0, 0.1) is 5.92 Å². The highest BCUT2D eigenvalue weighted by Gasteiger charge is 2.24. The largest absolute Gasteiger partial charge is 0.359 e. The number of hydrogen-bond donors (Lipinski definition) is 3. The van der Waals surface area contributed by atoms with Crippen molar-refractivity contribution in [1.82, 2.24) is 25.5 Å². The lowest BCUT2D eigenvalue weighted by molar-refractivity contribution is 0.865. The summed E-state index contributed by atoms with van der Waals surface area (Å²) in [4.78, 5) is 7.66. The molecule has 0 spiro atoms. The number of hydrogen-bond acceptors (Lipinski definition) is 3. The molecule has 3 N–H and O–H groups in total. The zero-order valence-electron chi connectivity index (χ0n) is 17.6. The molecule has 1 aliphatic rings. The van der Waals surface area contributed by atoms with Crippen LogP contribution in [0.4, 0.5) is 0 Å². The second kappa shape index (κ2) is 7.76. The van der Waals surface area contributed by atoms with Crippen LogP contribution in [0.1, 0.15) is 25.3 Å². The van der Waals surface area contributed by atoms with Crippen LogP contribution in [0.2, 0.25) is 0 Å². The summed E-state index contributed by atoms with van der Waals surface area (Å²) in [6.07, 6.45) is 12.2. The average Bonchev–Trinajstić information content (AvgIpc) is 3.43. The van der Waals surface area contributed by atoms with Gasteiger partial charge in [0, 0.05) is 40.1 Å². The van der Waals surface area contributed by atoms with Gasteiger partial charge in [-0.3, -0.25) is 10.1 Å². The highest BCUT2D eigenvalue weighted by atomic mass is 15.1. The Kier molecular flexibility index (Phi) is 4.79. The summed E-state index contributed by atoms with van der Waals surface area (Å²) in [7, 11) is 0. The van der Waals surface area contributed by atoms with E-state index in [1.165, 1.54) is 12.8 Å². The van der Waals surface area contributed by atoms with Gasteiger partial charge in [0.2, 0.25) is 0 Å². The topological polar surface area (TPSA) is 69.4 Å². The van der Waals surface area contributed by atoms with Crippen molar-refractivity contribution >= 4 is 27.4 Å². The van der Waals surface area contributed by atoms with Crippen molar-refractivity contribution in [3.05, 3.63) is 91.1 Å². The summed E-state index contributed by atoms with van der Waals surface area (Å²) in [5.41, 5.74) is 8.18. The molecule has 0 bridgehead atoms. The first kappa shape index (κ1) is 19.1. The van der Waals surface area contributed by atoms with Crippen LogP contribution in [0.3, 0.4) is 0 Å². The van der Waals surface area contributed by atoms with Gasteiger partial charge in [0.05, 0.1) is 11.2 Å². The molecule has 1 aromatic carbocycles. The summed E-state index contributed by atoms with van der Waals surface area (Å²) in [6.45, 7) is 10.2. The van der Waals surface area contributed by atoms with E-state index >= 15 is 0 Å². The molecule has 5 nitrogen and oxygen atoms in total. The minimum Gasteiger partial charge on any atom is -0.359 e. The summed E-state index contributed by atoms with van der Waals surface area (Å²) in [6, 6.07) is 10.4. The summed E-state index contributed by atoms with van der Waals surface area (Å²) in [5.74, 6) is 0.591. The first-order valence-electron chi connectivity index (χ1n) is 10.5. The summed E-state index contributed by atoms with van der Waals surface area (Å²) >= 11 is 0. The molecule has 5 rings (SSSR count). The smallest absolute Gasteiger partial charge is 0.116 e. The maximum absolute atomic E-state index is 4.58. The molecule has 5 heteroatoms. The van der Waals surface area contributed by atoms with Gasteiger partial charge < -0.3 is 10.3 Å². The third-order valence-corrected chi connectivity index (χ3v) is 5.79. The summed E-state index contributed by atoms with van der Waals surface area (Å²) in [5, 5.41) is 13.3. The fraction of sp³-hybridized carbons (Fsp3) is 0.154. The molecule has 1 saturated carbocycles. The van der Waals surface area contributed by atoms with E-state index in [9.17, 15) is 0 Å². The molecular formula is C26H25N5. The first-order chi connectivity index (χ1) is 15.2. The second-order valence-corrected chi connectivity index (χ2v) is 7.95. The van der Waals surface area contributed by atoms with Crippen molar-refractivity contribution in [1.29, 1.82) is 0 Å². The summed E-state index contributed by atoms with van der Waals surface area (Å²) < 4.78 is 0. The SMILES string of the molecule is C=C/C(=C\C(=C/C)c1ccc2[nH]nc(-c3cc4cnccc4[nH]3)c2c1)NC(=C)C1CC1. The number of nitrogens with zero attached hydrogens (tertiary/aromatic N) is 2. The average molecular weight is 408 g/mol. The van der Waals surface area contributed by atoms with Crippen LogP contribution >= 0.6 is 0 Å². The number of allylic oxidation sites excluding steroid dienone is 5. The van der Waals surface area contributed by atoms with E-state index in [1.807, 2.05) is 25.3 Å². The zero-order valence-corrected chi connectivity index (χ0v) is 17.6. The Morgan fingerprint density at radius 3 is 2.81 bits per heavy atom. The fourth-order valence-corrected chi connectivity index (χ4v) is 3.86. The predicted molar refractivity (Wildman–Crippen MR) is 128 cm³/mol. The van der Waals surface area contributed by atoms with E-state index in [0.717, 1.165) is 55.7 Å². The molecule has 1 fully saturated rings. The first-order valence-corrected chi connectivity index (χ1v) is 10.5. The highest BCUT2D eigenvalue weighted by molar-refractivity contribution is 5.97. The molecule has 0 aliphatic heterocycles. The minimum atomic E-state index is 0.591. The monoisotopic (exact) mass is 407 g/mol. The number of H-pyrrole nitrogens is 2. The Hall–Kier alpha value is -3.86. The Morgan fingerprint density at radius 2 is 2.06 bits per heavy atom. The van der Waals surface area contributed by atoms with Crippen molar-refractivity contribution in [3.8, 4) is 11.4 Å². The van der Waals surface area contributed by atoms with Crippen molar-refractivity contribution in [3.63, 3.8) is 0 Å². The molecule has 4 aromatic rings. The van der Waals surface area contributed by atoms with Crippen LogP contribution in [0.5, 0.6) is 0 Å². The van der Waals surface area contributed by atoms with Gasteiger partial charge in [-0.25, -0.2) is 0 Å². The van der Waals surface area contributed by atoms with Crippen LogP contribution in [0.25, 0.3) is 38.8 Å². The van der Waals surface area contributed by atoms with Crippen molar-refractivity contribution in [2.75, 3.05) is 0 Å². The number of aromatic amines is 2. The minimum absolute atomic E-state index is 0.591. The number of pyridine rings is 1. The van der Waals surface area contributed by atoms with Crippen molar-refractivity contribution in [2.45, 2.75) is 19.8 Å². The molecule has 0 amide bonds. The number of aromatic nitrogens is 4. The zero-order chi connectivity index (χ0) is 21.4. The lowest BCUT2D eigenvalue weighted by Gasteiger charge is -2.11. The highest BCUT2D eigenvalue weighted by Crippen LogP contribution is 2.35. The molecule has 0 unspecified atom stereocenters. The van der Waals surface area contributed by atoms with E-state index < -0.39 is 0 Å². The Morgan fingerprint density at radius 1 is 1.19 bits per heavy atom. The van der Waals surface area contributed by atoms with Gasteiger partial charge in [-0.1, -0.05) is 25.3 Å². The maximum Gasteiger partial charge on any atom is 0.116 e. The molecule has 0 radical (unpaired) electrons. The van der Waals surface area contributed by atoms with E-state index in [4.69, 9.17) is 0 Å². The maximum atomic E-state index is 4.58. The molecule has 0 saturated heterocycles. The number of benzene rings is 1. The van der Waals surface area contributed by atoms with Crippen LogP contribution in [-0.2, 0) is 0 Å². The number of nitrogens with one attached hydrogen (secondary N) is 3. The van der Waals surface area contributed by atoms with E-state index in [-0.39, 0.29) is 0 Å². The van der Waals surface area contributed by atoms with Gasteiger partial charge in [-0.05, 0) is 73.2 Å². The standard InChI is InChI=1S/C26H25N5/c1-4-17(12-21(5-2)28-16(3)18-6-7-18)19-8-9-24-22(13-19)26(31-30-24)25-14-20-15-27-11-10-23(20)29-25/h4-5,8-15,18,28-29H,2-3,6-7H2,1H3,(H,30,31)/b17-4+,21-12+. The second-order valence-electron chi connectivity index (χ2n) is 7.95. The van der Waals surface area contributed by atoms with E-state index in [0.29, 0.717) is 5.92 Å². The molecule has 1 aliphatic carbocycles. The fourth-order valence-electron chi connectivity index (χ4n) is 3.86. The van der Waals surface area contributed by atoms with Gasteiger partial charge in [0.25, 0.3) is 0 Å². The van der Waals surface area contributed by atoms with E-state index in [2.05, 4.69) is 75.1 Å². The Labute approximate surface area is 181 Å². The van der Waals surface area contributed by atoms with Crippen molar-refractivity contribution < 1.29 is 0 Å². The lowest BCUT2D eigenvalue weighted by atomic mass is 10.0. The third-order valence-electron chi connectivity index (χ3n) is 5.79. The number of rotatable bonds is 7. The Balaban J connectivity index is 1.52. The van der Waals surface area contributed by atoms with Crippen LogP contribution in [-0.4, -0.2) is 20.2 Å². The lowest BCUT2D eigenvalue weighted by Crippen LogP contribution is -2.11. The molecule has 3 aromatic heterocycles. The van der Waals surface area contributed by atoms with Gasteiger partial charge in [0.15, 0.2) is 0 Å². The molecule has 154 valence electrons. The third kappa shape index (κ3) is 3.70. The predicted octanol–water partition coefficient (Wildman–Crippen LogP) is 6.09. The van der Waals surface area contributed by atoms with Crippen LogP contribution in [0.15, 0.2) is 85.5 Å². The van der Waals surface area contributed by atoms with E-state index in [1.54, 1.807) is 6.20 Å². The Bertz CT molecular complexity index is 1330.